The molecule has 0 bridgehead atoms. The summed E-state index contributed by atoms with van der Waals surface area (Å²) in [6.45, 7) is 14.5. The van der Waals surface area contributed by atoms with Gasteiger partial charge in [-0.1, -0.05) is 23.3 Å². The first-order valence-electron chi connectivity index (χ1n) is 8.80. The van der Waals surface area contributed by atoms with Crippen LogP contribution in [-0.2, 0) is 0 Å². The van der Waals surface area contributed by atoms with Crippen LogP contribution in [0.15, 0.2) is 23.3 Å². The number of allylic oxidation sites excluding steroid dienone is 3. The van der Waals surface area contributed by atoms with Gasteiger partial charge in [-0.2, -0.15) is 0 Å². The first-order chi connectivity index (χ1) is 10.0. The van der Waals surface area contributed by atoms with Crippen LogP contribution in [0, 0.1) is 17.8 Å². The molecule has 5 unspecified atom stereocenters. The minimum atomic E-state index is -0.676. The lowest BCUT2D eigenvalue weighted by Crippen LogP contribution is -2.52. The molecule has 2 aliphatic rings. The van der Waals surface area contributed by atoms with E-state index in [1.54, 1.807) is 0 Å². The summed E-state index contributed by atoms with van der Waals surface area (Å²) in [6.07, 6.45) is 5.51. The molecule has 2 N–H and O–H groups in total. The Labute approximate surface area is 136 Å². The largest absolute Gasteiger partial charge is 0.390 e. The minimum absolute atomic E-state index is 0.142. The molecule has 0 radical (unpaired) electrons. The van der Waals surface area contributed by atoms with Gasteiger partial charge in [-0.15, -0.1) is 0 Å². The molecule has 2 heteroatoms. The highest BCUT2D eigenvalue weighted by Gasteiger charge is 2.49. The fourth-order valence-electron chi connectivity index (χ4n) is 4.58. The fraction of sp³-hybridized carbons (Fsp3) is 0.800. The smallest absolute Gasteiger partial charge is 0.0657 e. The summed E-state index contributed by atoms with van der Waals surface area (Å²) in [5, 5.41) is 22.0. The topological polar surface area (TPSA) is 40.5 Å². The lowest BCUT2D eigenvalue weighted by atomic mass is 9.58. The third-order valence-corrected chi connectivity index (χ3v) is 6.42. The van der Waals surface area contributed by atoms with E-state index >= 15 is 0 Å². The Balaban J connectivity index is 2.31. The maximum Gasteiger partial charge on any atom is 0.0657 e. The Bertz CT molecular complexity index is 466. The first-order valence-corrected chi connectivity index (χ1v) is 8.80. The molecule has 0 aromatic rings. The van der Waals surface area contributed by atoms with E-state index in [1.807, 2.05) is 13.8 Å². The highest BCUT2D eigenvalue weighted by atomic mass is 16.3. The van der Waals surface area contributed by atoms with Crippen molar-refractivity contribution in [1.29, 1.82) is 0 Å². The van der Waals surface area contributed by atoms with Crippen molar-refractivity contribution < 1.29 is 10.2 Å². The summed E-state index contributed by atoms with van der Waals surface area (Å²) in [4.78, 5) is 0. The molecule has 22 heavy (non-hydrogen) atoms. The third kappa shape index (κ3) is 3.49. The second-order valence-corrected chi connectivity index (χ2v) is 8.55. The number of rotatable bonds is 2. The van der Waals surface area contributed by atoms with Crippen molar-refractivity contribution in [3.8, 4) is 0 Å². The lowest BCUT2D eigenvalue weighted by molar-refractivity contribution is -0.128. The summed E-state index contributed by atoms with van der Waals surface area (Å²) in [5.74, 6) is 0.772. The second kappa shape index (κ2) is 6.13. The predicted molar refractivity (Wildman–Crippen MR) is 92.6 cm³/mol. The van der Waals surface area contributed by atoms with Gasteiger partial charge in [0, 0.05) is 0 Å². The third-order valence-electron chi connectivity index (χ3n) is 6.42. The monoisotopic (exact) mass is 306 g/mol. The Morgan fingerprint density at radius 3 is 2.18 bits per heavy atom. The zero-order valence-electron chi connectivity index (χ0n) is 15.1. The maximum atomic E-state index is 11.0. The van der Waals surface area contributed by atoms with Crippen LogP contribution in [0.25, 0.3) is 0 Å². The van der Waals surface area contributed by atoms with Gasteiger partial charge in [0.1, 0.15) is 0 Å². The molecule has 0 heterocycles. The fourth-order valence-corrected chi connectivity index (χ4v) is 4.58. The van der Waals surface area contributed by atoms with Gasteiger partial charge in [-0.05, 0) is 90.9 Å². The first kappa shape index (κ1) is 17.7. The SMILES string of the molecule is C=C(C)C1CCC(C)(O)C(C2CC(=C(C)C)CCC2(C)O)C1. The van der Waals surface area contributed by atoms with E-state index in [1.165, 1.54) is 16.7 Å². The van der Waals surface area contributed by atoms with Crippen LogP contribution < -0.4 is 0 Å². The standard InChI is InChI=1S/C20H34O2/c1-13(2)15-7-9-19(5,21)17(11-15)18-12-16(14(3)4)8-10-20(18,6)22/h15,17-18,21-22H,1,7-12H2,2-6H3. The van der Waals surface area contributed by atoms with Gasteiger partial charge < -0.3 is 10.2 Å². The molecule has 2 fully saturated rings. The molecule has 0 amide bonds. The molecule has 0 aromatic carbocycles. The van der Waals surface area contributed by atoms with Crippen LogP contribution in [0.2, 0.25) is 0 Å². The molecular formula is C20H34O2. The summed E-state index contributed by atoms with van der Waals surface area (Å²) in [7, 11) is 0. The van der Waals surface area contributed by atoms with Gasteiger partial charge in [-0.3, -0.25) is 0 Å². The summed E-state index contributed by atoms with van der Waals surface area (Å²) >= 11 is 0. The molecule has 0 saturated heterocycles. The van der Waals surface area contributed by atoms with E-state index in [9.17, 15) is 10.2 Å². The van der Waals surface area contributed by atoms with Crippen molar-refractivity contribution >= 4 is 0 Å². The van der Waals surface area contributed by atoms with E-state index in [-0.39, 0.29) is 11.8 Å². The average molecular weight is 306 g/mol. The average Bonchev–Trinajstić information content (AvgIpc) is 2.38. The van der Waals surface area contributed by atoms with Crippen LogP contribution in [0.3, 0.4) is 0 Å². The number of hydrogen-bond donors (Lipinski definition) is 2. The molecule has 0 spiro atoms. The second-order valence-electron chi connectivity index (χ2n) is 8.55. The molecular weight excluding hydrogens is 272 g/mol. The van der Waals surface area contributed by atoms with Crippen LogP contribution >= 0.6 is 0 Å². The molecule has 5 atom stereocenters. The molecule has 2 aliphatic carbocycles. The van der Waals surface area contributed by atoms with Crippen LogP contribution in [0.1, 0.15) is 73.1 Å². The Morgan fingerprint density at radius 1 is 1.05 bits per heavy atom. The lowest BCUT2D eigenvalue weighted by Gasteiger charge is -2.51. The van der Waals surface area contributed by atoms with Gasteiger partial charge in [0.2, 0.25) is 0 Å². The Hall–Kier alpha value is -0.600. The van der Waals surface area contributed by atoms with Crippen molar-refractivity contribution in [1.82, 2.24) is 0 Å². The van der Waals surface area contributed by atoms with E-state index in [4.69, 9.17) is 0 Å². The maximum absolute atomic E-state index is 11.0. The molecule has 2 rings (SSSR count). The quantitative estimate of drug-likeness (QED) is 0.731. The minimum Gasteiger partial charge on any atom is -0.390 e. The zero-order chi connectivity index (χ0) is 16.7. The number of aliphatic hydroxyl groups is 2. The molecule has 0 aromatic heterocycles. The Morgan fingerprint density at radius 2 is 1.64 bits per heavy atom. The van der Waals surface area contributed by atoms with E-state index < -0.39 is 11.2 Å². The molecule has 0 aliphatic heterocycles. The van der Waals surface area contributed by atoms with Crippen LogP contribution in [0.4, 0.5) is 0 Å². The van der Waals surface area contributed by atoms with E-state index in [2.05, 4.69) is 27.4 Å². The van der Waals surface area contributed by atoms with Gasteiger partial charge >= 0.3 is 0 Å². The predicted octanol–water partition coefficient (Wildman–Crippen LogP) is 4.62. The molecule has 2 saturated carbocycles. The van der Waals surface area contributed by atoms with E-state index in [0.717, 1.165) is 38.5 Å². The van der Waals surface area contributed by atoms with Crippen LogP contribution in [-0.4, -0.2) is 21.4 Å². The van der Waals surface area contributed by atoms with Crippen molar-refractivity contribution in [3.05, 3.63) is 23.3 Å². The van der Waals surface area contributed by atoms with Crippen molar-refractivity contribution in [2.45, 2.75) is 84.3 Å². The zero-order valence-corrected chi connectivity index (χ0v) is 15.1. The molecule has 126 valence electrons. The van der Waals surface area contributed by atoms with Crippen molar-refractivity contribution in [2.75, 3.05) is 0 Å². The highest BCUT2D eigenvalue weighted by Crippen LogP contribution is 2.51. The summed E-state index contributed by atoms with van der Waals surface area (Å²) < 4.78 is 0. The summed E-state index contributed by atoms with van der Waals surface area (Å²) in [5.41, 5.74) is 2.73. The highest BCUT2D eigenvalue weighted by molar-refractivity contribution is 5.18. The van der Waals surface area contributed by atoms with Gasteiger partial charge in [0.25, 0.3) is 0 Å². The molecule has 2 nitrogen and oxygen atoms in total. The Kier molecular flexibility index (Phi) is 4.94. The van der Waals surface area contributed by atoms with Gasteiger partial charge in [0.15, 0.2) is 0 Å². The normalized spacial score (nSPS) is 43.0. The van der Waals surface area contributed by atoms with Gasteiger partial charge in [0.05, 0.1) is 11.2 Å². The van der Waals surface area contributed by atoms with Crippen molar-refractivity contribution in [3.63, 3.8) is 0 Å². The van der Waals surface area contributed by atoms with Gasteiger partial charge in [-0.25, -0.2) is 0 Å². The van der Waals surface area contributed by atoms with E-state index in [0.29, 0.717) is 5.92 Å². The van der Waals surface area contributed by atoms with Crippen molar-refractivity contribution in [2.24, 2.45) is 17.8 Å². The summed E-state index contributed by atoms with van der Waals surface area (Å²) in [6, 6.07) is 0. The van der Waals surface area contributed by atoms with Crippen LogP contribution in [0.5, 0.6) is 0 Å². The number of hydrogen-bond acceptors (Lipinski definition) is 2.